The molecule has 2 N–H and O–H groups in total. The molecule has 2 atom stereocenters. The minimum atomic E-state index is -0.945. The fourth-order valence-corrected chi connectivity index (χ4v) is 3.26. The second-order valence-corrected chi connectivity index (χ2v) is 6.72. The predicted octanol–water partition coefficient (Wildman–Crippen LogP) is 1.64. The van der Waals surface area contributed by atoms with Crippen molar-refractivity contribution in [1.82, 2.24) is 10.6 Å². The van der Waals surface area contributed by atoms with Crippen molar-refractivity contribution in [3.63, 3.8) is 0 Å². The van der Waals surface area contributed by atoms with Crippen LogP contribution in [0.1, 0.15) is 24.4 Å². The lowest BCUT2D eigenvalue weighted by molar-refractivity contribution is -0.126. The van der Waals surface area contributed by atoms with Gasteiger partial charge < -0.3 is 10.6 Å². The molecule has 0 radical (unpaired) electrons. The van der Waals surface area contributed by atoms with Crippen molar-refractivity contribution in [2.75, 3.05) is 25.1 Å². The molecule has 6 heteroatoms. The van der Waals surface area contributed by atoms with Gasteiger partial charge in [-0.25, -0.2) is 0 Å². The first-order valence-corrected chi connectivity index (χ1v) is 8.75. The number of carbonyl (C=O) groups excluding carboxylic acids is 1. The number of hydrogen-bond acceptors (Lipinski definition) is 3. The molecular formula is C15H23ClN2O2S. The van der Waals surface area contributed by atoms with Crippen molar-refractivity contribution in [3.05, 3.63) is 35.9 Å². The van der Waals surface area contributed by atoms with Gasteiger partial charge in [0.15, 0.2) is 0 Å². The fourth-order valence-electron chi connectivity index (χ4n) is 2.51. The lowest BCUT2D eigenvalue weighted by atomic mass is 9.96. The summed E-state index contributed by atoms with van der Waals surface area (Å²) in [6.07, 6.45) is 3.43. The van der Waals surface area contributed by atoms with Crippen LogP contribution in [-0.2, 0) is 15.6 Å². The lowest BCUT2D eigenvalue weighted by Gasteiger charge is -2.25. The minimum absolute atomic E-state index is 0. The van der Waals surface area contributed by atoms with Crippen LogP contribution in [0.25, 0.3) is 0 Å². The standard InChI is InChI=1S/C15H22N2O2S.ClH/c1-20(19)11-14(12-5-3-2-4-6-12)17-15(18)13-7-9-16-10-8-13;/h2-6,13-14,16H,7-11H2,1H3,(H,17,18);1H. The molecule has 0 aromatic heterocycles. The Labute approximate surface area is 134 Å². The number of piperidine rings is 1. The summed E-state index contributed by atoms with van der Waals surface area (Å²) in [5, 5.41) is 6.33. The first-order chi connectivity index (χ1) is 9.66. The van der Waals surface area contributed by atoms with E-state index in [9.17, 15) is 9.00 Å². The molecule has 0 aliphatic carbocycles. The van der Waals surface area contributed by atoms with Crippen LogP contribution < -0.4 is 10.6 Å². The highest BCUT2D eigenvalue weighted by molar-refractivity contribution is 7.84. The van der Waals surface area contributed by atoms with E-state index in [1.807, 2.05) is 30.3 Å². The molecule has 0 bridgehead atoms. The Morgan fingerprint density at radius 1 is 1.33 bits per heavy atom. The van der Waals surface area contributed by atoms with Crippen LogP contribution in [0.3, 0.4) is 0 Å². The van der Waals surface area contributed by atoms with Crippen molar-refractivity contribution >= 4 is 29.1 Å². The van der Waals surface area contributed by atoms with Gasteiger partial charge in [-0.3, -0.25) is 9.00 Å². The van der Waals surface area contributed by atoms with Gasteiger partial charge in [-0.1, -0.05) is 30.3 Å². The van der Waals surface area contributed by atoms with E-state index in [4.69, 9.17) is 0 Å². The molecule has 118 valence electrons. The van der Waals surface area contributed by atoms with Crippen LogP contribution in [0.2, 0.25) is 0 Å². The molecular weight excluding hydrogens is 308 g/mol. The molecule has 1 aliphatic heterocycles. The molecule has 0 spiro atoms. The van der Waals surface area contributed by atoms with E-state index in [-0.39, 0.29) is 30.3 Å². The van der Waals surface area contributed by atoms with Crippen LogP contribution in [0.4, 0.5) is 0 Å². The predicted molar refractivity (Wildman–Crippen MR) is 89.1 cm³/mol. The zero-order chi connectivity index (χ0) is 14.4. The number of carbonyl (C=O) groups is 1. The Balaban J connectivity index is 0.00000220. The largest absolute Gasteiger partial charge is 0.348 e. The molecule has 2 rings (SSSR count). The van der Waals surface area contributed by atoms with Crippen LogP contribution in [-0.4, -0.2) is 35.2 Å². The van der Waals surface area contributed by atoms with Gasteiger partial charge in [-0.15, -0.1) is 12.4 Å². The van der Waals surface area contributed by atoms with Crippen LogP contribution in [0, 0.1) is 5.92 Å². The average molecular weight is 331 g/mol. The van der Waals surface area contributed by atoms with Crippen LogP contribution in [0.15, 0.2) is 30.3 Å². The third kappa shape index (κ3) is 5.77. The Bertz CT molecular complexity index is 464. The third-order valence-corrected chi connectivity index (χ3v) is 4.43. The summed E-state index contributed by atoms with van der Waals surface area (Å²) >= 11 is 0. The van der Waals surface area contributed by atoms with Gasteiger partial charge in [0.1, 0.15) is 0 Å². The molecule has 1 aromatic carbocycles. The van der Waals surface area contributed by atoms with Gasteiger partial charge in [0.05, 0.1) is 6.04 Å². The zero-order valence-electron chi connectivity index (χ0n) is 12.2. The molecule has 1 aromatic rings. The molecule has 1 saturated heterocycles. The second-order valence-electron chi connectivity index (χ2n) is 5.24. The SMILES string of the molecule is CS(=O)CC(NC(=O)C1CCNCC1)c1ccccc1.Cl. The van der Waals surface area contributed by atoms with E-state index in [0.717, 1.165) is 31.5 Å². The third-order valence-electron chi connectivity index (χ3n) is 3.63. The maximum atomic E-state index is 12.3. The monoisotopic (exact) mass is 330 g/mol. The zero-order valence-corrected chi connectivity index (χ0v) is 13.8. The highest BCUT2D eigenvalue weighted by Crippen LogP contribution is 2.17. The molecule has 1 fully saturated rings. The summed E-state index contributed by atoms with van der Waals surface area (Å²) in [5.41, 5.74) is 1.02. The van der Waals surface area contributed by atoms with E-state index in [2.05, 4.69) is 10.6 Å². The number of halogens is 1. The Hall–Kier alpha value is -0.910. The minimum Gasteiger partial charge on any atom is -0.348 e. The summed E-state index contributed by atoms with van der Waals surface area (Å²) in [6.45, 7) is 1.79. The topological polar surface area (TPSA) is 58.2 Å². The quantitative estimate of drug-likeness (QED) is 0.863. The second kappa shape index (κ2) is 9.18. The van der Waals surface area contributed by atoms with Crippen molar-refractivity contribution in [1.29, 1.82) is 0 Å². The Morgan fingerprint density at radius 3 is 2.52 bits per heavy atom. The molecule has 2 unspecified atom stereocenters. The van der Waals surface area contributed by atoms with Gasteiger partial charge in [0.2, 0.25) is 5.91 Å². The maximum Gasteiger partial charge on any atom is 0.223 e. The van der Waals surface area contributed by atoms with Gasteiger partial charge in [0.25, 0.3) is 0 Å². The lowest BCUT2D eigenvalue weighted by Crippen LogP contribution is -2.40. The van der Waals surface area contributed by atoms with E-state index < -0.39 is 10.8 Å². The van der Waals surface area contributed by atoms with E-state index in [1.165, 1.54) is 0 Å². The molecule has 1 heterocycles. The number of hydrogen-bond donors (Lipinski definition) is 2. The summed E-state index contributed by atoms with van der Waals surface area (Å²) < 4.78 is 11.5. The van der Waals surface area contributed by atoms with Crippen LogP contribution in [0.5, 0.6) is 0 Å². The molecule has 1 amide bonds. The van der Waals surface area contributed by atoms with E-state index in [0.29, 0.717) is 5.75 Å². The fraction of sp³-hybridized carbons (Fsp3) is 0.533. The van der Waals surface area contributed by atoms with E-state index in [1.54, 1.807) is 6.26 Å². The summed E-state index contributed by atoms with van der Waals surface area (Å²) in [5.74, 6) is 0.624. The summed E-state index contributed by atoms with van der Waals surface area (Å²) in [6, 6.07) is 9.61. The number of nitrogens with one attached hydrogen (secondary N) is 2. The number of benzene rings is 1. The van der Waals surface area contributed by atoms with Crippen molar-refractivity contribution in [3.8, 4) is 0 Å². The number of rotatable bonds is 5. The first kappa shape index (κ1) is 18.1. The summed E-state index contributed by atoms with van der Waals surface area (Å²) in [4.78, 5) is 12.3. The van der Waals surface area contributed by atoms with E-state index >= 15 is 0 Å². The van der Waals surface area contributed by atoms with Crippen LogP contribution >= 0.6 is 12.4 Å². The number of amides is 1. The van der Waals surface area contributed by atoms with Gasteiger partial charge in [-0.2, -0.15) is 0 Å². The smallest absolute Gasteiger partial charge is 0.223 e. The van der Waals surface area contributed by atoms with Gasteiger partial charge >= 0.3 is 0 Å². The summed E-state index contributed by atoms with van der Waals surface area (Å²) in [7, 11) is -0.945. The Kier molecular flexibility index (Phi) is 7.93. The molecule has 0 saturated carbocycles. The highest BCUT2D eigenvalue weighted by atomic mass is 35.5. The molecule has 21 heavy (non-hydrogen) atoms. The van der Waals surface area contributed by atoms with Gasteiger partial charge in [0, 0.05) is 28.7 Å². The van der Waals surface area contributed by atoms with Crippen molar-refractivity contribution in [2.45, 2.75) is 18.9 Å². The maximum absolute atomic E-state index is 12.3. The molecule has 1 aliphatic rings. The molecule has 4 nitrogen and oxygen atoms in total. The Morgan fingerprint density at radius 2 is 1.95 bits per heavy atom. The van der Waals surface area contributed by atoms with Crippen molar-refractivity contribution < 1.29 is 9.00 Å². The van der Waals surface area contributed by atoms with Gasteiger partial charge in [-0.05, 0) is 31.5 Å². The highest BCUT2D eigenvalue weighted by Gasteiger charge is 2.24. The average Bonchev–Trinajstić information content (AvgIpc) is 2.48. The first-order valence-electron chi connectivity index (χ1n) is 7.03. The normalized spacial score (nSPS) is 18.3. The van der Waals surface area contributed by atoms with Crippen molar-refractivity contribution in [2.24, 2.45) is 5.92 Å².